The van der Waals surface area contributed by atoms with Gasteiger partial charge in [0.05, 0.1) is 24.4 Å². The van der Waals surface area contributed by atoms with Crippen LogP contribution in [0.4, 0.5) is 5.69 Å². The zero-order valence-corrected chi connectivity index (χ0v) is 16.9. The fourth-order valence-electron chi connectivity index (χ4n) is 4.14. The van der Waals surface area contributed by atoms with Gasteiger partial charge in [-0.25, -0.2) is 9.90 Å². The summed E-state index contributed by atoms with van der Waals surface area (Å²) in [6.45, 7) is 12.0. The van der Waals surface area contributed by atoms with Gasteiger partial charge in [-0.1, -0.05) is 49.4 Å². The molecule has 0 spiro atoms. The average molecular weight is 367 g/mol. The number of anilines is 1. The third kappa shape index (κ3) is 3.06. The number of benzene rings is 2. The van der Waals surface area contributed by atoms with Crippen molar-refractivity contribution in [3.63, 3.8) is 0 Å². The lowest BCUT2D eigenvalue weighted by Crippen LogP contribution is -2.54. The topological polar surface area (TPSA) is 24.9 Å². The summed E-state index contributed by atoms with van der Waals surface area (Å²) >= 11 is 0. The van der Waals surface area contributed by atoms with Crippen LogP contribution in [0.5, 0.6) is 0 Å². The van der Waals surface area contributed by atoms with Crippen LogP contribution >= 0.6 is 0 Å². The first-order valence-electron chi connectivity index (χ1n) is 9.98. The van der Waals surface area contributed by atoms with Crippen LogP contribution in [0.15, 0.2) is 48.5 Å². The van der Waals surface area contributed by atoms with E-state index in [9.17, 15) is 0 Å². The first-order chi connectivity index (χ1) is 13.0. The van der Waals surface area contributed by atoms with Gasteiger partial charge in [0, 0.05) is 24.2 Å². The Morgan fingerprint density at radius 2 is 1.70 bits per heavy atom. The molecule has 0 amide bonds. The van der Waals surface area contributed by atoms with Crippen molar-refractivity contribution < 1.29 is 9.57 Å². The third-order valence-electron chi connectivity index (χ3n) is 5.51. The van der Waals surface area contributed by atoms with Gasteiger partial charge in [-0.3, -0.25) is 4.90 Å². The Morgan fingerprint density at radius 1 is 1.00 bits per heavy atom. The predicted molar refractivity (Wildman–Crippen MR) is 109 cm³/mol. The summed E-state index contributed by atoms with van der Waals surface area (Å²) in [4.78, 5) is 9.35. The Labute approximate surface area is 162 Å². The van der Waals surface area contributed by atoms with E-state index in [4.69, 9.17) is 9.57 Å². The molecule has 2 aromatic carbocycles. The van der Waals surface area contributed by atoms with E-state index in [2.05, 4.69) is 86.2 Å². The lowest BCUT2D eigenvalue weighted by atomic mass is 9.90. The number of aryl methyl sites for hydroxylation is 1. The summed E-state index contributed by atoms with van der Waals surface area (Å²) in [6.07, 6.45) is 1.02. The molecular formula is C23H30N2O2. The molecule has 0 N–H and O–H groups in total. The first-order valence-corrected chi connectivity index (χ1v) is 9.98. The van der Waals surface area contributed by atoms with Crippen molar-refractivity contribution >= 4 is 5.69 Å². The van der Waals surface area contributed by atoms with Gasteiger partial charge >= 0.3 is 0 Å². The highest BCUT2D eigenvalue weighted by atomic mass is 16.7. The molecular weight excluding hydrogens is 336 g/mol. The van der Waals surface area contributed by atoms with Crippen LogP contribution in [0.3, 0.4) is 0 Å². The summed E-state index contributed by atoms with van der Waals surface area (Å²) in [5.74, 6) is 0. The highest BCUT2D eigenvalue weighted by Crippen LogP contribution is 2.51. The third-order valence-corrected chi connectivity index (χ3v) is 5.51. The molecule has 0 bridgehead atoms. The molecule has 2 aliphatic rings. The van der Waals surface area contributed by atoms with Crippen LogP contribution in [-0.4, -0.2) is 36.7 Å². The second-order valence-corrected chi connectivity index (χ2v) is 8.37. The predicted octanol–water partition coefficient (Wildman–Crippen LogP) is 4.33. The molecule has 0 aliphatic carbocycles. The standard InChI is InChI=1S/C23H30N2O2/c1-5-18-11-12-20-21(17-18)25(22(2,3)4)27-23(20,19-9-7-6-8-10-19)24-13-15-26-16-14-24/h6-12,17H,5,13-16H2,1-4H3. The van der Waals surface area contributed by atoms with Crippen molar-refractivity contribution in [1.29, 1.82) is 0 Å². The van der Waals surface area contributed by atoms with Crippen LogP contribution in [0.1, 0.15) is 44.4 Å². The summed E-state index contributed by atoms with van der Waals surface area (Å²) < 4.78 is 5.65. The molecule has 4 nitrogen and oxygen atoms in total. The highest BCUT2D eigenvalue weighted by molar-refractivity contribution is 5.63. The number of hydrogen-bond donors (Lipinski definition) is 0. The lowest BCUT2D eigenvalue weighted by molar-refractivity contribution is -0.163. The average Bonchev–Trinajstić information content (AvgIpc) is 3.05. The number of morpholine rings is 1. The second-order valence-electron chi connectivity index (χ2n) is 8.37. The number of rotatable bonds is 3. The normalized spacial score (nSPS) is 23.5. The van der Waals surface area contributed by atoms with Crippen molar-refractivity contribution in [2.75, 3.05) is 31.4 Å². The van der Waals surface area contributed by atoms with Gasteiger partial charge in [0.2, 0.25) is 5.72 Å². The largest absolute Gasteiger partial charge is 0.379 e. The van der Waals surface area contributed by atoms with E-state index in [1.165, 1.54) is 22.4 Å². The van der Waals surface area contributed by atoms with Crippen LogP contribution in [0.2, 0.25) is 0 Å². The molecule has 0 aromatic heterocycles. The maximum absolute atomic E-state index is 6.91. The molecule has 144 valence electrons. The smallest absolute Gasteiger partial charge is 0.202 e. The van der Waals surface area contributed by atoms with E-state index in [0.717, 1.165) is 32.7 Å². The fraction of sp³-hybridized carbons (Fsp3) is 0.478. The maximum Gasteiger partial charge on any atom is 0.202 e. The summed E-state index contributed by atoms with van der Waals surface area (Å²) in [6, 6.07) is 17.4. The van der Waals surface area contributed by atoms with Crippen molar-refractivity contribution in [3.05, 3.63) is 65.2 Å². The number of fused-ring (bicyclic) bond motifs is 1. The number of hydrogen-bond acceptors (Lipinski definition) is 4. The van der Waals surface area contributed by atoms with Gasteiger partial charge in [-0.15, -0.1) is 0 Å². The molecule has 2 aromatic rings. The van der Waals surface area contributed by atoms with Gasteiger partial charge in [0.25, 0.3) is 0 Å². The molecule has 1 unspecified atom stereocenters. The van der Waals surface area contributed by atoms with Crippen molar-refractivity contribution in [2.24, 2.45) is 0 Å². The minimum absolute atomic E-state index is 0.149. The van der Waals surface area contributed by atoms with E-state index in [-0.39, 0.29) is 5.54 Å². The van der Waals surface area contributed by atoms with E-state index >= 15 is 0 Å². The molecule has 0 radical (unpaired) electrons. The molecule has 4 heteroatoms. The van der Waals surface area contributed by atoms with Crippen LogP contribution in [0.25, 0.3) is 0 Å². The number of nitrogens with zero attached hydrogens (tertiary/aromatic N) is 2. The summed E-state index contributed by atoms with van der Waals surface area (Å²) in [7, 11) is 0. The van der Waals surface area contributed by atoms with E-state index in [1.807, 2.05) is 0 Å². The van der Waals surface area contributed by atoms with Gasteiger partial charge in [-0.2, -0.15) is 0 Å². The quantitative estimate of drug-likeness (QED) is 0.807. The first kappa shape index (κ1) is 18.5. The Bertz CT molecular complexity index is 794. The Balaban J connectivity index is 1.94. The van der Waals surface area contributed by atoms with Crippen molar-refractivity contribution in [3.8, 4) is 0 Å². The Morgan fingerprint density at radius 3 is 2.33 bits per heavy atom. The maximum atomic E-state index is 6.91. The summed E-state index contributed by atoms with van der Waals surface area (Å²) in [5, 5.41) is 2.12. The Hall–Kier alpha value is -1.88. The second kappa shape index (κ2) is 6.93. The molecule has 0 saturated carbocycles. The van der Waals surface area contributed by atoms with Gasteiger partial charge in [0.1, 0.15) is 0 Å². The van der Waals surface area contributed by atoms with Crippen LogP contribution in [-0.2, 0) is 21.7 Å². The molecule has 1 atom stereocenters. The lowest BCUT2D eigenvalue weighted by Gasteiger charge is -2.44. The summed E-state index contributed by atoms with van der Waals surface area (Å²) in [5.41, 5.74) is 4.14. The zero-order chi connectivity index (χ0) is 19.1. The van der Waals surface area contributed by atoms with Gasteiger partial charge < -0.3 is 4.74 Å². The molecule has 27 heavy (non-hydrogen) atoms. The van der Waals surface area contributed by atoms with Crippen LogP contribution < -0.4 is 5.06 Å². The number of hydroxylamine groups is 1. The zero-order valence-electron chi connectivity index (χ0n) is 16.9. The van der Waals surface area contributed by atoms with E-state index in [0.29, 0.717) is 0 Å². The Kier molecular flexibility index (Phi) is 4.75. The monoisotopic (exact) mass is 366 g/mol. The molecule has 1 saturated heterocycles. The van der Waals surface area contributed by atoms with Gasteiger partial charge in [0.15, 0.2) is 0 Å². The molecule has 1 fully saturated rings. The van der Waals surface area contributed by atoms with Crippen molar-refractivity contribution in [2.45, 2.75) is 45.4 Å². The highest BCUT2D eigenvalue weighted by Gasteiger charge is 2.53. The molecule has 2 aliphatic heterocycles. The minimum atomic E-state index is -0.611. The SMILES string of the molecule is CCc1ccc2c(c1)N(C(C)(C)C)OC2(c1ccccc1)N1CCOCC1. The van der Waals surface area contributed by atoms with E-state index in [1.54, 1.807) is 0 Å². The van der Waals surface area contributed by atoms with E-state index < -0.39 is 5.72 Å². The van der Waals surface area contributed by atoms with Crippen molar-refractivity contribution in [1.82, 2.24) is 4.90 Å². The number of ether oxygens (including phenoxy) is 1. The van der Waals surface area contributed by atoms with Crippen LogP contribution in [0, 0.1) is 0 Å². The molecule has 2 heterocycles. The molecule has 4 rings (SSSR count). The van der Waals surface area contributed by atoms with Gasteiger partial charge in [-0.05, 0) is 38.8 Å². The fourth-order valence-corrected chi connectivity index (χ4v) is 4.14. The minimum Gasteiger partial charge on any atom is -0.379 e.